The summed E-state index contributed by atoms with van der Waals surface area (Å²) in [7, 11) is 0. The van der Waals surface area contributed by atoms with E-state index in [0.717, 1.165) is 17.0 Å². The normalized spacial score (nSPS) is 19.6. The number of thiazole rings is 1. The average Bonchev–Trinajstić information content (AvgIpc) is 3.47. The van der Waals surface area contributed by atoms with Crippen LogP contribution in [0, 0.1) is 0 Å². The van der Waals surface area contributed by atoms with Gasteiger partial charge in [-0.1, -0.05) is 16.8 Å². The van der Waals surface area contributed by atoms with Gasteiger partial charge < -0.3 is 25.8 Å². The molecule has 15 heteroatoms. The summed E-state index contributed by atoms with van der Waals surface area (Å²) >= 11 is 8.53. The number of nitrogens with one attached hydrogen (secondary N) is 1. The number of nitrogens with zero attached hydrogens (tertiary/aromatic N) is 5. The van der Waals surface area contributed by atoms with Crippen molar-refractivity contribution in [3.63, 3.8) is 0 Å². The lowest BCUT2D eigenvalue weighted by Gasteiger charge is -2.50. The molecule has 192 valence electrons. The summed E-state index contributed by atoms with van der Waals surface area (Å²) in [6.45, 7) is 2.16. The highest BCUT2D eigenvalue weighted by atomic mass is 35.5. The number of rotatable bonds is 8. The van der Waals surface area contributed by atoms with Crippen LogP contribution < -0.4 is 20.7 Å². The first-order chi connectivity index (χ1) is 17.8. The minimum Gasteiger partial charge on any atom is -0.543 e. The number of carbonyl (C=O) groups is 3. The molecule has 0 aromatic carbocycles. The number of carboxylic acids is 1. The van der Waals surface area contributed by atoms with Gasteiger partial charge in [0.2, 0.25) is 0 Å². The topological polar surface area (TPSA) is 158 Å². The number of halogens is 1. The van der Waals surface area contributed by atoms with Crippen molar-refractivity contribution >= 4 is 69.0 Å². The summed E-state index contributed by atoms with van der Waals surface area (Å²) in [5.74, 6) is -2.38. The van der Waals surface area contributed by atoms with Gasteiger partial charge in [0.05, 0.1) is 16.7 Å². The van der Waals surface area contributed by atoms with Gasteiger partial charge in [0.1, 0.15) is 48.9 Å². The van der Waals surface area contributed by atoms with Crippen molar-refractivity contribution in [1.82, 2.24) is 19.6 Å². The first-order valence-electron chi connectivity index (χ1n) is 11.0. The zero-order valence-corrected chi connectivity index (χ0v) is 21.7. The predicted molar refractivity (Wildman–Crippen MR) is 134 cm³/mol. The third-order valence-corrected chi connectivity index (χ3v) is 8.01. The van der Waals surface area contributed by atoms with Crippen LogP contribution in [0.5, 0.6) is 0 Å². The van der Waals surface area contributed by atoms with Crippen LogP contribution >= 0.6 is 34.7 Å². The van der Waals surface area contributed by atoms with E-state index in [1.165, 1.54) is 16.7 Å². The Balaban J connectivity index is 1.37. The van der Waals surface area contributed by atoms with E-state index < -0.39 is 29.2 Å². The SMILES string of the molecule is CCO/N=C(\C(=O)N[C@@H]1C(=O)N2C(C(=O)[O-])=C(C[n+]3ccn4cc(Cl)ccc43)CS[C@H]12)c1csc(N)n1. The Morgan fingerprint density at radius 2 is 2.24 bits per heavy atom. The van der Waals surface area contributed by atoms with Crippen LogP contribution in [-0.4, -0.2) is 61.6 Å². The summed E-state index contributed by atoms with van der Waals surface area (Å²) in [6.07, 6.45) is 5.34. The van der Waals surface area contributed by atoms with Crippen LogP contribution in [-0.2, 0) is 25.8 Å². The Labute approximate surface area is 223 Å². The van der Waals surface area contributed by atoms with E-state index in [4.69, 9.17) is 22.2 Å². The third-order valence-electron chi connectivity index (χ3n) is 5.77. The maximum atomic E-state index is 13.1. The third kappa shape index (κ3) is 4.63. The fraction of sp³-hybridized carbons (Fsp3) is 0.273. The number of fused-ring (bicyclic) bond motifs is 2. The molecule has 2 amide bonds. The molecule has 37 heavy (non-hydrogen) atoms. The van der Waals surface area contributed by atoms with Crippen LogP contribution in [0.4, 0.5) is 5.13 Å². The zero-order chi connectivity index (χ0) is 26.3. The molecule has 0 radical (unpaired) electrons. The molecule has 3 aromatic rings. The molecule has 5 heterocycles. The number of hydrogen-bond donors (Lipinski definition) is 2. The summed E-state index contributed by atoms with van der Waals surface area (Å²) in [6, 6.07) is 2.60. The quantitative estimate of drug-likeness (QED) is 0.165. The van der Waals surface area contributed by atoms with Crippen molar-refractivity contribution in [3.05, 3.63) is 58.1 Å². The summed E-state index contributed by atoms with van der Waals surface area (Å²) in [4.78, 5) is 48.5. The number of amides is 2. The van der Waals surface area contributed by atoms with Crippen LogP contribution in [0.15, 0.2) is 52.5 Å². The number of pyridine rings is 1. The second-order valence-electron chi connectivity index (χ2n) is 8.07. The average molecular weight is 562 g/mol. The van der Waals surface area contributed by atoms with E-state index in [1.54, 1.807) is 37.0 Å². The number of oxime groups is 1. The number of β-lactam (4-membered cyclic amide) rings is 1. The first-order valence-corrected chi connectivity index (χ1v) is 13.3. The van der Waals surface area contributed by atoms with Gasteiger partial charge in [0, 0.05) is 22.8 Å². The molecule has 2 aliphatic rings. The molecule has 0 unspecified atom stereocenters. The minimum absolute atomic E-state index is 0.129. The number of anilines is 1. The van der Waals surface area contributed by atoms with Crippen molar-refractivity contribution in [2.24, 2.45) is 5.16 Å². The molecule has 1 saturated heterocycles. The number of imidazole rings is 1. The Morgan fingerprint density at radius 3 is 2.95 bits per heavy atom. The smallest absolute Gasteiger partial charge is 0.286 e. The molecule has 3 N–H and O–H groups in total. The maximum Gasteiger partial charge on any atom is 0.286 e. The summed E-state index contributed by atoms with van der Waals surface area (Å²) in [5, 5.41) is 20.3. The largest absolute Gasteiger partial charge is 0.543 e. The number of aliphatic carboxylic acids is 1. The van der Waals surface area contributed by atoms with Gasteiger partial charge >= 0.3 is 0 Å². The molecule has 0 aliphatic carbocycles. The number of carboxylic acid groups (broad SMARTS) is 1. The van der Waals surface area contributed by atoms with Crippen molar-refractivity contribution < 1.29 is 28.9 Å². The van der Waals surface area contributed by atoms with Gasteiger partial charge in [-0.25, -0.2) is 14.0 Å². The molecule has 3 aromatic heterocycles. The van der Waals surface area contributed by atoms with Gasteiger partial charge in [-0.15, -0.1) is 23.1 Å². The summed E-state index contributed by atoms with van der Waals surface area (Å²) < 4.78 is 3.67. The number of aromatic nitrogens is 3. The van der Waals surface area contributed by atoms with Crippen LogP contribution in [0.25, 0.3) is 5.65 Å². The van der Waals surface area contributed by atoms with Gasteiger partial charge in [0.15, 0.2) is 10.8 Å². The van der Waals surface area contributed by atoms with E-state index in [2.05, 4.69) is 15.5 Å². The molecule has 5 rings (SSSR count). The van der Waals surface area contributed by atoms with E-state index in [9.17, 15) is 19.5 Å². The highest BCUT2D eigenvalue weighted by Gasteiger charge is 2.53. The number of thioether (sulfide) groups is 1. The fourth-order valence-electron chi connectivity index (χ4n) is 4.15. The Morgan fingerprint density at radius 1 is 1.43 bits per heavy atom. The monoisotopic (exact) mass is 561 g/mol. The molecule has 0 saturated carbocycles. The molecule has 1 fully saturated rings. The van der Waals surface area contributed by atoms with Crippen molar-refractivity contribution in [2.75, 3.05) is 18.1 Å². The predicted octanol–water partition coefficient (Wildman–Crippen LogP) is -0.236. The first kappa shape index (κ1) is 25.0. The maximum absolute atomic E-state index is 13.1. The van der Waals surface area contributed by atoms with Gasteiger partial charge in [-0.2, -0.15) is 0 Å². The standard InChI is InChI=1S/C22H20ClN7O5S2/c1-2-35-27-15(13-10-37-22(24)25-13)18(31)26-16-19(32)30-17(21(33)34)11(9-36-20(16)30)7-28-5-6-29-8-12(23)3-4-14(28)29/h3-6,8,10,16,20H,2,7,9H2,1H3,(H3-,24,25,26,31,33,34)/b27-15-/t16-,20-/m1/s1. The molecule has 2 atom stereocenters. The molecule has 12 nitrogen and oxygen atoms in total. The number of hydrogen-bond acceptors (Lipinski definition) is 10. The highest BCUT2D eigenvalue weighted by molar-refractivity contribution is 8.00. The lowest BCUT2D eigenvalue weighted by Crippen LogP contribution is -2.71. The molecule has 0 bridgehead atoms. The Kier molecular flexibility index (Phi) is 6.79. The lowest BCUT2D eigenvalue weighted by atomic mass is 10.0. The van der Waals surface area contributed by atoms with Crippen LogP contribution in [0.1, 0.15) is 12.6 Å². The van der Waals surface area contributed by atoms with Crippen molar-refractivity contribution in [3.8, 4) is 0 Å². The van der Waals surface area contributed by atoms with Gasteiger partial charge in [0.25, 0.3) is 17.5 Å². The second-order valence-corrected chi connectivity index (χ2v) is 10.5. The Hall–Kier alpha value is -3.62. The highest BCUT2D eigenvalue weighted by Crippen LogP contribution is 2.40. The van der Waals surface area contributed by atoms with Crippen LogP contribution in [0.3, 0.4) is 0 Å². The lowest BCUT2D eigenvalue weighted by molar-refractivity contribution is -0.662. The Bertz CT molecular complexity index is 1480. The zero-order valence-electron chi connectivity index (χ0n) is 19.3. The van der Waals surface area contributed by atoms with Gasteiger partial charge in [-0.05, 0) is 13.0 Å². The number of carbonyl (C=O) groups excluding carboxylic acids is 3. The molecule has 0 spiro atoms. The van der Waals surface area contributed by atoms with Crippen molar-refractivity contribution in [2.45, 2.75) is 24.9 Å². The summed E-state index contributed by atoms with van der Waals surface area (Å²) in [5.41, 5.74) is 6.89. The minimum atomic E-state index is -1.46. The molecule has 2 aliphatic heterocycles. The molecular weight excluding hydrogens is 542 g/mol. The van der Waals surface area contributed by atoms with E-state index in [-0.39, 0.29) is 35.4 Å². The molecular formula is C22H20ClN7O5S2. The number of nitrogens with two attached hydrogens (primary N) is 1. The number of nitrogen functional groups attached to an aromatic ring is 1. The van der Waals surface area contributed by atoms with E-state index >= 15 is 0 Å². The van der Waals surface area contributed by atoms with Gasteiger partial charge in [-0.3, -0.25) is 14.5 Å². The van der Waals surface area contributed by atoms with Crippen LogP contribution in [0.2, 0.25) is 5.02 Å². The van der Waals surface area contributed by atoms with E-state index in [0.29, 0.717) is 16.3 Å². The van der Waals surface area contributed by atoms with E-state index in [1.807, 2.05) is 15.0 Å². The van der Waals surface area contributed by atoms with Crippen molar-refractivity contribution in [1.29, 1.82) is 0 Å². The second kappa shape index (κ2) is 10.0. The fourth-order valence-corrected chi connectivity index (χ4v) is 6.20.